The molecule has 2 aromatic carbocycles. The Balaban J connectivity index is 2.12. The third-order valence-electron chi connectivity index (χ3n) is 3.12. The van der Waals surface area contributed by atoms with Crippen LogP contribution in [0, 0.1) is 0 Å². The number of hydrogen-bond donors (Lipinski definition) is 2. The first-order valence-electron chi connectivity index (χ1n) is 6.01. The number of benzene rings is 2. The molecule has 3 rings (SSSR count). The van der Waals surface area contributed by atoms with Crippen molar-refractivity contribution in [1.29, 1.82) is 0 Å². The minimum Gasteiger partial charge on any atom is -0.478 e. The van der Waals surface area contributed by atoms with Crippen LogP contribution in [0.15, 0.2) is 41.3 Å². The highest BCUT2D eigenvalue weighted by Gasteiger charge is 2.23. The molecule has 1 aliphatic rings. The summed E-state index contributed by atoms with van der Waals surface area (Å²) in [5.41, 5.74) is 0.783. The van der Waals surface area contributed by atoms with Gasteiger partial charge in [0.2, 0.25) is 0 Å². The van der Waals surface area contributed by atoms with Crippen molar-refractivity contribution in [1.82, 2.24) is 0 Å². The number of carboxylic acids is 1. The molecule has 0 fully saturated rings. The Morgan fingerprint density at radius 3 is 2.62 bits per heavy atom. The van der Waals surface area contributed by atoms with E-state index in [0.717, 1.165) is 6.26 Å². The molecule has 0 amide bonds. The van der Waals surface area contributed by atoms with Gasteiger partial charge in [0.25, 0.3) is 0 Å². The molecule has 1 heterocycles. The third kappa shape index (κ3) is 2.31. The van der Waals surface area contributed by atoms with E-state index in [1.807, 2.05) is 0 Å². The lowest BCUT2D eigenvalue weighted by molar-refractivity contribution is 0.0697. The van der Waals surface area contributed by atoms with E-state index >= 15 is 0 Å². The summed E-state index contributed by atoms with van der Waals surface area (Å²) in [7, 11) is -3.35. The van der Waals surface area contributed by atoms with Crippen molar-refractivity contribution >= 4 is 27.2 Å². The number of carbonyl (C=O) groups is 1. The van der Waals surface area contributed by atoms with Gasteiger partial charge in [0, 0.05) is 6.26 Å². The Labute approximate surface area is 120 Å². The highest BCUT2D eigenvalue weighted by molar-refractivity contribution is 7.90. The molecule has 0 aliphatic carbocycles. The zero-order chi connectivity index (χ0) is 15.2. The molecule has 0 bridgehead atoms. The third-order valence-corrected chi connectivity index (χ3v) is 4.23. The van der Waals surface area contributed by atoms with Gasteiger partial charge >= 0.3 is 5.97 Å². The van der Waals surface area contributed by atoms with Crippen molar-refractivity contribution in [2.45, 2.75) is 4.90 Å². The molecule has 2 N–H and O–H groups in total. The maximum Gasteiger partial charge on any atom is 0.337 e. The number of para-hydroxylation sites is 1. The van der Waals surface area contributed by atoms with E-state index in [1.54, 1.807) is 12.1 Å². The highest BCUT2D eigenvalue weighted by atomic mass is 32.2. The van der Waals surface area contributed by atoms with E-state index in [2.05, 4.69) is 5.32 Å². The molecule has 21 heavy (non-hydrogen) atoms. The van der Waals surface area contributed by atoms with Crippen LogP contribution in [0.3, 0.4) is 0 Å². The van der Waals surface area contributed by atoms with Gasteiger partial charge in [-0.2, -0.15) is 0 Å². The second-order valence-corrected chi connectivity index (χ2v) is 6.66. The molecule has 108 valence electrons. The summed E-state index contributed by atoms with van der Waals surface area (Å²) >= 11 is 0. The predicted molar refractivity (Wildman–Crippen MR) is 76.3 cm³/mol. The summed E-state index contributed by atoms with van der Waals surface area (Å²) in [5, 5.41) is 12.1. The fourth-order valence-electron chi connectivity index (χ4n) is 2.10. The summed E-state index contributed by atoms with van der Waals surface area (Å²) < 4.78 is 28.8. The van der Waals surface area contributed by atoms with Crippen LogP contribution < -0.4 is 10.1 Å². The minimum absolute atomic E-state index is 0.0582. The van der Waals surface area contributed by atoms with Crippen molar-refractivity contribution < 1.29 is 23.1 Å². The summed E-state index contributed by atoms with van der Waals surface area (Å²) in [5.74, 6) is -0.266. The van der Waals surface area contributed by atoms with Crippen LogP contribution in [0.25, 0.3) is 0 Å². The quantitative estimate of drug-likeness (QED) is 0.756. The van der Waals surface area contributed by atoms with Gasteiger partial charge in [-0.1, -0.05) is 6.07 Å². The number of ether oxygens (including phenoxy) is 1. The number of nitrogens with one attached hydrogen (secondary N) is 1. The van der Waals surface area contributed by atoms with E-state index in [-0.39, 0.29) is 10.5 Å². The molecule has 0 aromatic heterocycles. The Bertz CT molecular complexity index is 858. The predicted octanol–water partition coefficient (Wildman–Crippen LogP) is 2.64. The molecule has 0 spiro atoms. The van der Waals surface area contributed by atoms with E-state index in [1.165, 1.54) is 24.3 Å². The average Bonchev–Trinajstić information content (AvgIpc) is 2.42. The molecule has 0 saturated carbocycles. The molecular weight excluding hydrogens is 294 g/mol. The SMILES string of the molecule is CS(=O)(=O)c1ccc2c(c1)Nc1c(cccc1C(=O)O)O2. The topological polar surface area (TPSA) is 92.7 Å². The van der Waals surface area contributed by atoms with Crippen LogP contribution in [0.1, 0.15) is 10.4 Å². The Hall–Kier alpha value is -2.54. The number of aromatic carboxylic acids is 1. The van der Waals surface area contributed by atoms with E-state index < -0.39 is 15.8 Å². The van der Waals surface area contributed by atoms with Crippen LogP contribution in [-0.4, -0.2) is 25.7 Å². The molecule has 0 unspecified atom stereocenters. The first-order chi connectivity index (χ1) is 9.86. The molecule has 0 radical (unpaired) electrons. The van der Waals surface area contributed by atoms with Gasteiger partial charge < -0.3 is 15.2 Å². The second-order valence-electron chi connectivity index (χ2n) is 4.64. The largest absolute Gasteiger partial charge is 0.478 e. The first-order valence-corrected chi connectivity index (χ1v) is 7.91. The fraction of sp³-hybridized carbons (Fsp3) is 0.0714. The van der Waals surface area contributed by atoms with Gasteiger partial charge in [-0.3, -0.25) is 0 Å². The number of rotatable bonds is 2. The maximum atomic E-state index is 11.6. The van der Waals surface area contributed by atoms with Crippen LogP contribution in [0.4, 0.5) is 11.4 Å². The first kappa shape index (κ1) is 13.4. The molecule has 7 heteroatoms. The molecule has 2 aromatic rings. The lowest BCUT2D eigenvalue weighted by Crippen LogP contribution is -2.09. The van der Waals surface area contributed by atoms with Gasteiger partial charge in [-0.05, 0) is 30.3 Å². The molecular formula is C14H11NO5S. The lowest BCUT2D eigenvalue weighted by Gasteiger charge is -2.23. The van der Waals surface area contributed by atoms with Crippen LogP contribution in [0.5, 0.6) is 11.5 Å². The molecule has 0 saturated heterocycles. The van der Waals surface area contributed by atoms with Crippen molar-refractivity contribution in [3.8, 4) is 11.5 Å². The number of fused-ring (bicyclic) bond motifs is 2. The Morgan fingerprint density at radius 1 is 1.19 bits per heavy atom. The second kappa shape index (κ2) is 4.49. The summed E-state index contributed by atoms with van der Waals surface area (Å²) in [6.07, 6.45) is 1.11. The van der Waals surface area contributed by atoms with Gasteiger partial charge in [0.15, 0.2) is 21.3 Å². The minimum atomic E-state index is -3.35. The highest BCUT2D eigenvalue weighted by Crippen LogP contribution is 2.44. The molecule has 1 aliphatic heterocycles. The number of hydrogen-bond acceptors (Lipinski definition) is 5. The summed E-state index contributed by atoms with van der Waals surface area (Å²) in [6, 6.07) is 9.08. The zero-order valence-corrected chi connectivity index (χ0v) is 11.8. The molecule has 6 nitrogen and oxygen atoms in total. The van der Waals surface area contributed by atoms with Crippen LogP contribution >= 0.6 is 0 Å². The van der Waals surface area contributed by atoms with Gasteiger partial charge in [0.1, 0.15) is 0 Å². The van der Waals surface area contributed by atoms with Crippen molar-refractivity contribution in [3.05, 3.63) is 42.0 Å². The van der Waals surface area contributed by atoms with Crippen LogP contribution in [-0.2, 0) is 9.84 Å². The zero-order valence-electron chi connectivity index (χ0n) is 11.0. The van der Waals surface area contributed by atoms with Crippen molar-refractivity contribution in [3.63, 3.8) is 0 Å². The Kier molecular flexibility index (Phi) is 2.87. The normalized spacial score (nSPS) is 12.6. The van der Waals surface area contributed by atoms with E-state index in [0.29, 0.717) is 22.9 Å². The standard InChI is InChI=1S/C14H11NO5S/c1-21(18,19)8-5-6-11-10(7-8)15-13-9(14(16)17)3-2-4-12(13)20-11/h2-7,15H,1H3,(H,16,17). The number of anilines is 2. The maximum absolute atomic E-state index is 11.6. The van der Waals surface area contributed by atoms with Gasteiger partial charge in [0.05, 0.1) is 21.8 Å². The van der Waals surface area contributed by atoms with Crippen molar-refractivity contribution in [2.24, 2.45) is 0 Å². The molecule has 0 atom stereocenters. The monoisotopic (exact) mass is 305 g/mol. The van der Waals surface area contributed by atoms with Crippen molar-refractivity contribution in [2.75, 3.05) is 11.6 Å². The number of sulfone groups is 1. The summed E-state index contributed by atoms with van der Waals surface area (Å²) in [4.78, 5) is 11.4. The van der Waals surface area contributed by atoms with Crippen LogP contribution in [0.2, 0.25) is 0 Å². The van der Waals surface area contributed by atoms with Gasteiger partial charge in [-0.25, -0.2) is 13.2 Å². The van der Waals surface area contributed by atoms with E-state index in [4.69, 9.17) is 4.74 Å². The average molecular weight is 305 g/mol. The smallest absolute Gasteiger partial charge is 0.337 e. The van der Waals surface area contributed by atoms with Gasteiger partial charge in [-0.15, -0.1) is 0 Å². The summed E-state index contributed by atoms with van der Waals surface area (Å²) in [6.45, 7) is 0. The van der Waals surface area contributed by atoms with E-state index in [9.17, 15) is 18.3 Å². The fourth-order valence-corrected chi connectivity index (χ4v) is 2.75. The lowest BCUT2D eigenvalue weighted by atomic mass is 10.1. The Morgan fingerprint density at radius 2 is 1.95 bits per heavy atom. The number of carboxylic acid groups (broad SMARTS) is 1.